The average molecular weight is 383 g/mol. The van der Waals surface area contributed by atoms with Crippen LogP contribution in [0.4, 0.5) is 0 Å². The van der Waals surface area contributed by atoms with Crippen LogP contribution in [0.1, 0.15) is 24.4 Å². The van der Waals surface area contributed by atoms with Crippen LogP contribution in [0.15, 0.2) is 48.5 Å². The summed E-state index contributed by atoms with van der Waals surface area (Å²) in [6, 6.07) is 13.4. The molecule has 0 amide bonds. The van der Waals surface area contributed by atoms with Crippen LogP contribution in [0.3, 0.4) is 0 Å². The fourth-order valence-corrected chi connectivity index (χ4v) is 3.38. The summed E-state index contributed by atoms with van der Waals surface area (Å²) in [6.45, 7) is 5.10. The van der Waals surface area contributed by atoms with E-state index >= 15 is 0 Å². The number of aromatic nitrogens is 1. The summed E-state index contributed by atoms with van der Waals surface area (Å²) in [6.07, 6.45) is 3.09. The van der Waals surface area contributed by atoms with Crippen LogP contribution in [0, 0.1) is 0 Å². The van der Waals surface area contributed by atoms with Gasteiger partial charge in [0.1, 0.15) is 11.6 Å². The highest BCUT2D eigenvalue weighted by Gasteiger charge is 2.07. The van der Waals surface area contributed by atoms with Crippen molar-refractivity contribution in [2.75, 3.05) is 13.2 Å². The molecule has 0 spiro atoms. The first-order chi connectivity index (χ1) is 13.2. The summed E-state index contributed by atoms with van der Waals surface area (Å²) >= 11 is 1.52. The van der Waals surface area contributed by atoms with E-state index in [-0.39, 0.29) is 6.61 Å². The Labute approximate surface area is 162 Å². The minimum Gasteiger partial charge on any atom is -0.490 e. The minimum atomic E-state index is -0.416. The number of carbonyl (C=O) groups is 1. The van der Waals surface area contributed by atoms with Gasteiger partial charge in [-0.3, -0.25) is 0 Å². The van der Waals surface area contributed by atoms with Crippen molar-refractivity contribution < 1.29 is 19.0 Å². The van der Waals surface area contributed by atoms with Crippen LogP contribution in [-0.2, 0) is 16.1 Å². The van der Waals surface area contributed by atoms with E-state index in [4.69, 9.17) is 14.2 Å². The van der Waals surface area contributed by atoms with Crippen molar-refractivity contribution in [3.63, 3.8) is 0 Å². The molecule has 0 N–H and O–H groups in total. The molecule has 0 aliphatic rings. The Morgan fingerprint density at radius 3 is 2.63 bits per heavy atom. The monoisotopic (exact) mass is 383 g/mol. The summed E-state index contributed by atoms with van der Waals surface area (Å²) in [4.78, 5) is 16.4. The summed E-state index contributed by atoms with van der Waals surface area (Å²) in [5.41, 5.74) is 1.75. The van der Waals surface area contributed by atoms with Gasteiger partial charge in [0.05, 0.1) is 23.4 Å². The second kappa shape index (κ2) is 9.19. The van der Waals surface area contributed by atoms with Crippen LogP contribution in [0.25, 0.3) is 16.3 Å². The van der Waals surface area contributed by atoms with Gasteiger partial charge in [0, 0.05) is 6.08 Å². The van der Waals surface area contributed by atoms with Crippen molar-refractivity contribution in [2.24, 2.45) is 0 Å². The number of ether oxygens (including phenoxy) is 3. The molecule has 0 bridgehead atoms. The summed E-state index contributed by atoms with van der Waals surface area (Å²) in [5, 5.41) is 0.776. The third kappa shape index (κ3) is 5.08. The first kappa shape index (κ1) is 18.9. The number of carbonyl (C=O) groups excluding carboxylic acids is 1. The van der Waals surface area contributed by atoms with Gasteiger partial charge in [-0.1, -0.05) is 18.2 Å². The molecule has 3 rings (SSSR count). The molecule has 1 aromatic heterocycles. The third-order valence-electron chi connectivity index (χ3n) is 3.66. The Balaban J connectivity index is 1.61. The highest BCUT2D eigenvalue weighted by Crippen LogP contribution is 2.29. The van der Waals surface area contributed by atoms with Crippen molar-refractivity contribution in [1.82, 2.24) is 4.98 Å². The van der Waals surface area contributed by atoms with Crippen molar-refractivity contribution in [3.05, 3.63) is 59.1 Å². The van der Waals surface area contributed by atoms with Crippen LogP contribution >= 0.6 is 11.3 Å². The Morgan fingerprint density at radius 2 is 1.85 bits per heavy atom. The number of rotatable bonds is 8. The molecule has 140 valence electrons. The number of para-hydroxylation sites is 1. The van der Waals surface area contributed by atoms with Crippen molar-refractivity contribution >= 4 is 33.6 Å². The smallest absolute Gasteiger partial charge is 0.331 e. The molecular formula is C21H21NO4S. The molecule has 0 saturated carbocycles. The van der Waals surface area contributed by atoms with Crippen LogP contribution < -0.4 is 9.47 Å². The quantitative estimate of drug-likeness (QED) is 0.411. The molecular weight excluding hydrogens is 362 g/mol. The largest absolute Gasteiger partial charge is 0.490 e. The molecule has 3 aromatic rings. The molecule has 0 unspecified atom stereocenters. The molecule has 2 aromatic carbocycles. The number of nitrogens with zero attached hydrogens (tertiary/aromatic N) is 1. The van der Waals surface area contributed by atoms with Crippen molar-refractivity contribution in [3.8, 4) is 11.5 Å². The lowest BCUT2D eigenvalue weighted by atomic mass is 10.2. The van der Waals surface area contributed by atoms with Gasteiger partial charge in [0.25, 0.3) is 0 Å². The molecule has 0 atom stereocenters. The molecule has 5 nitrogen and oxygen atoms in total. The van der Waals surface area contributed by atoms with Gasteiger partial charge in [-0.25, -0.2) is 9.78 Å². The van der Waals surface area contributed by atoms with E-state index in [0.29, 0.717) is 24.7 Å². The lowest BCUT2D eigenvalue weighted by Gasteiger charge is -2.11. The zero-order valence-corrected chi connectivity index (χ0v) is 16.1. The van der Waals surface area contributed by atoms with E-state index in [9.17, 15) is 4.79 Å². The number of esters is 1. The SMILES string of the molecule is CCOc1ccc(/C=C/C(=O)OCc2nc3ccccc3s2)cc1OCC. The minimum absolute atomic E-state index is 0.163. The number of hydrogen-bond acceptors (Lipinski definition) is 6. The lowest BCUT2D eigenvalue weighted by Crippen LogP contribution is -2.00. The maximum absolute atomic E-state index is 12.0. The number of thiazole rings is 1. The van der Waals surface area contributed by atoms with Crippen molar-refractivity contribution in [1.29, 1.82) is 0 Å². The number of benzene rings is 2. The summed E-state index contributed by atoms with van der Waals surface area (Å²) in [7, 11) is 0. The lowest BCUT2D eigenvalue weighted by molar-refractivity contribution is -0.138. The number of hydrogen-bond donors (Lipinski definition) is 0. The average Bonchev–Trinajstić information content (AvgIpc) is 3.10. The molecule has 27 heavy (non-hydrogen) atoms. The predicted molar refractivity (Wildman–Crippen MR) is 107 cm³/mol. The van der Waals surface area contributed by atoms with Crippen LogP contribution in [0.2, 0.25) is 0 Å². The molecule has 1 heterocycles. The van der Waals surface area contributed by atoms with E-state index in [2.05, 4.69) is 4.98 Å². The van der Waals surface area contributed by atoms with Crippen molar-refractivity contribution in [2.45, 2.75) is 20.5 Å². The normalized spacial score (nSPS) is 11.0. The molecule has 6 heteroatoms. The molecule has 0 aliphatic heterocycles. The fourth-order valence-electron chi connectivity index (χ4n) is 2.50. The van der Waals surface area contributed by atoms with Gasteiger partial charge in [-0.15, -0.1) is 11.3 Å². The molecule has 0 fully saturated rings. The predicted octanol–water partition coefficient (Wildman–Crippen LogP) is 4.85. The van der Waals surface area contributed by atoms with E-state index in [0.717, 1.165) is 20.8 Å². The second-order valence-electron chi connectivity index (χ2n) is 5.59. The third-order valence-corrected chi connectivity index (χ3v) is 4.67. The van der Waals surface area contributed by atoms with Gasteiger partial charge in [-0.2, -0.15) is 0 Å². The standard InChI is InChI=1S/C21H21NO4S/c1-3-24-17-11-9-15(13-18(17)25-4-2)10-12-21(23)26-14-20-22-16-7-5-6-8-19(16)27-20/h5-13H,3-4,14H2,1-2H3/b12-10+. The van der Waals surface area contributed by atoms with Gasteiger partial charge in [-0.05, 0) is 49.8 Å². The topological polar surface area (TPSA) is 57.7 Å². The summed E-state index contributed by atoms with van der Waals surface area (Å²) in [5.74, 6) is 0.931. The maximum Gasteiger partial charge on any atom is 0.331 e. The zero-order chi connectivity index (χ0) is 19.1. The highest BCUT2D eigenvalue weighted by molar-refractivity contribution is 7.18. The van der Waals surface area contributed by atoms with E-state index in [1.54, 1.807) is 6.08 Å². The van der Waals surface area contributed by atoms with E-state index < -0.39 is 5.97 Å². The number of fused-ring (bicyclic) bond motifs is 1. The first-order valence-electron chi connectivity index (χ1n) is 8.78. The Hall–Kier alpha value is -2.86. The summed E-state index contributed by atoms with van der Waals surface area (Å²) < 4.78 is 17.5. The van der Waals surface area contributed by atoms with Gasteiger partial charge in [0.2, 0.25) is 0 Å². The first-order valence-corrected chi connectivity index (χ1v) is 9.60. The Kier molecular flexibility index (Phi) is 6.44. The van der Waals surface area contributed by atoms with Crippen LogP contribution in [-0.4, -0.2) is 24.2 Å². The van der Waals surface area contributed by atoms with Gasteiger partial charge >= 0.3 is 5.97 Å². The maximum atomic E-state index is 12.0. The highest BCUT2D eigenvalue weighted by atomic mass is 32.1. The zero-order valence-electron chi connectivity index (χ0n) is 15.3. The Morgan fingerprint density at radius 1 is 1.07 bits per heavy atom. The molecule has 0 radical (unpaired) electrons. The Bertz CT molecular complexity index is 915. The van der Waals surface area contributed by atoms with Crippen LogP contribution in [0.5, 0.6) is 11.5 Å². The van der Waals surface area contributed by atoms with Gasteiger partial charge < -0.3 is 14.2 Å². The molecule has 0 aliphatic carbocycles. The van der Waals surface area contributed by atoms with E-state index in [1.807, 2.05) is 56.3 Å². The van der Waals surface area contributed by atoms with E-state index in [1.165, 1.54) is 17.4 Å². The fraction of sp³-hybridized carbons (Fsp3) is 0.238. The molecule has 0 saturated heterocycles. The van der Waals surface area contributed by atoms with Gasteiger partial charge in [0.15, 0.2) is 11.5 Å². The second-order valence-corrected chi connectivity index (χ2v) is 6.70.